The number of hydrogen-bond acceptors (Lipinski definition) is 4. The summed E-state index contributed by atoms with van der Waals surface area (Å²) in [6, 6.07) is -0.353. The molecule has 0 saturated carbocycles. The lowest BCUT2D eigenvalue weighted by atomic mass is 10.1. The first-order valence-corrected chi connectivity index (χ1v) is 6.60. The number of carbonyl (C=O) groups excluding carboxylic acids is 2. The number of rotatable bonds is 3. The van der Waals surface area contributed by atoms with Gasteiger partial charge in [-0.2, -0.15) is 0 Å². The average molecular weight is 292 g/mol. The van der Waals surface area contributed by atoms with Crippen LogP contribution in [-0.4, -0.2) is 73.6 Å². The summed E-state index contributed by atoms with van der Waals surface area (Å²) in [5, 5.41) is 3.13. The SMILES string of the molecule is CCN1CCNC(CC(=O)N2CCOCC2)C1=O.Cl. The van der Waals surface area contributed by atoms with Gasteiger partial charge in [0, 0.05) is 32.7 Å². The second-order valence-corrected chi connectivity index (χ2v) is 4.62. The molecule has 1 unspecified atom stereocenters. The van der Waals surface area contributed by atoms with Crippen LogP contribution in [0.25, 0.3) is 0 Å². The maximum absolute atomic E-state index is 12.1. The van der Waals surface area contributed by atoms with E-state index >= 15 is 0 Å². The molecule has 2 heterocycles. The maximum Gasteiger partial charge on any atom is 0.240 e. The highest BCUT2D eigenvalue weighted by Gasteiger charge is 2.30. The normalized spacial score (nSPS) is 24.1. The zero-order chi connectivity index (χ0) is 13.0. The summed E-state index contributed by atoms with van der Waals surface area (Å²) in [5.74, 6) is 0.0902. The van der Waals surface area contributed by atoms with Crippen molar-refractivity contribution in [2.45, 2.75) is 19.4 Å². The Bertz CT molecular complexity index is 321. The monoisotopic (exact) mass is 291 g/mol. The number of nitrogens with zero attached hydrogens (tertiary/aromatic N) is 2. The van der Waals surface area contributed by atoms with Crippen molar-refractivity contribution in [3.05, 3.63) is 0 Å². The molecule has 1 atom stereocenters. The molecule has 0 aromatic carbocycles. The molecule has 110 valence electrons. The zero-order valence-electron chi connectivity index (χ0n) is 11.3. The van der Waals surface area contributed by atoms with Crippen molar-refractivity contribution in [3.8, 4) is 0 Å². The lowest BCUT2D eigenvalue weighted by molar-refractivity contribution is -0.142. The Morgan fingerprint density at radius 1 is 1.37 bits per heavy atom. The van der Waals surface area contributed by atoms with Gasteiger partial charge in [-0.3, -0.25) is 9.59 Å². The van der Waals surface area contributed by atoms with Crippen LogP contribution in [0.4, 0.5) is 0 Å². The van der Waals surface area contributed by atoms with E-state index in [9.17, 15) is 9.59 Å². The van der Waals surface area contributed by atoms with E-state index in [1.165, 1.54) is 0 Å². The maximum atomic E-state index is 12.1. The van der Waals surface area contributed by atoms with Gasteiger partial charge in [0.2, 0.25) is 11.8 Å². The van der Waals surface area contributed by atoms with Gasteiger partial charge in [0.15, 0.2) is 0 Å². The summed E-state index contributed by atoms with van der Waals surface area (Å²) < 4.78 is 5.21. The smallest absolute Gasteiger partial charge is 0.240 e. The first-order chi connectivity index (χ1) is 8.72. The number of morpholine rings is 1. The summed E-state index contributed by atoms with van der Waals surface area (Å²) >= 11 is 0. The number of likely N-dealkylation sites (N-methyl/N-ethyl adjacent to an activating group) is 1. The third-order valence-corrected chi connectivity index (χ3v) is 3.51. The van der Waals surface area contributed by atoms with E-state index < -0.39 is 0 Å². The van der Waals surface area contributed by atoms with Crippen molar-refractivity contribution < 1.29 is 14.3 Å². The summed E-state index contributed by atoms with van der Waals surface area (Å²) in [4.78, 5) is 27.7. The van der Waals surface area contributed by atoms with E-state index in [2.05, 4.69) is 5.32 Å². The van der Waals surface area contributed by atoms with Crippen molar-refractivity contribution in [1.82, 2.24) is 15.1 Å². The summed E-state index contributed by atoms with van der Waals surface area (Å²) in [6.45, 7) is 6.64. The van der Waals surface area contributed by atoms with Gasteiger partial charge in [-0.15, -0.1) is 12.4 Å². The minimum atomic E-state index is -0.353. The molecule has 7 heteroatoms. The molecule has 2 aliphatic heterocycles. The molecule has 2 amide bonds. The molecule has 0 aromatic heterocycles. The predicted molar refractivity (Wildman–Crippen MR) is 73.3 cm³/mol. The molecule has 19 heavy (non-hydrogen) atoms. The number of amides is 2. The zero-order valence-corrected chi connectivity index (χ0v) is 12.1. The van der Waals surface area contributed by atoms with E-state index in [1.807, 2.05) is 6.92 Å². The van der Waals surface area contributed by atoms with E-state index in [1.54, 1.807) is 9.80 Å². The van der Waals surface area contributed by atoms with Crippen LogP contribution in [0.5, 0.6) is 0 Å². The second-order valence-electron chi connectivity index (χ2n) is 4.62. The van der Waals surface area contributed by atoms with E-state index in [4.69, 9.17) is 4.74 Å². The molecule has 0 bridgehead atoms. The molecule has 0 aliphatic carbocycles. The Morgan fingerprint density at radius 3 is 2.68 bits per heavy atom. The molecule has 6 nitrogen and oxygen atoms in total. The van der Waals surface area contributed by atoms with Gasteiger partial charge < -0.3 is 19.9 Å². The van der Waals surface area contributed by atoms with Gasteiger partial charge in [0.25, 0.3) is 0 Å². The Balaban J connectivity index is 0.00000180. The van der Waals surface area contributed by atoms with Crippen molar-refractivity contribution in [2.24, 2.45) is 0 Å². The van der Waals surface area contributed by atoms with Crippen LogP contribution in [0, 0.1) is 0 Å². The van der Waals surface area contributed by atoms with E-state index in [0.29, 0.717) is 32.8 Å². The average Bonchev–Trinajstić information content (AvgIpc) is 2.42. The topological polar surface area (TPSA) is 61.9 Å². The van der Waals surface area contributed by atoms with Crippen molar-refractivity contribution in [3.63, 3.8) is 0 Å². The number of carbonyl (C=O) groups is 2. The quantitative estimate of drug-likeness (QED) is 0.760. The van der Waals surface area contributed by atoms with Gasteiger partial charge >= 0.3 is 0 Å². The highest BCUT2D eigenvalue weighted by Crippen LogP contribution is 2.08. The van der Waals surface area contributed by atoms with Crippen LogP contribution in [0.1, 0.15) is 13.3 Å². The van der Waals surface area contributed by atoms with Crippen molar-refractivity contribution >= 4 is 24.2 Å². The number of ether oxygens (including phenoxy) is 1. The fourth-order valence-electron chi connectivity index (χ4n) is 2.38. The summed E-state index contributed by atoms with van der Waals surface area (Å²) in [7, 11) is 0. The fourth-order valence-corrected chi connectivity index (χ4v) is 2.38. The third-order valence-electron chi connectivity index (χ3n) is 3.51. The van der Waals surface area contributed by atoms with Crippen molar-refractivity contribution in [1.29, 1.82) is 0 Å². The van der Waals surface area contributed by atoms with Crippen LogP contribution < -0.4 is 5.32 Å². The molecule has 2 aliphatic rings. The number of hydrogen-bond donors (Lipinski definition) is 1. The number of piperazine rings is 1. The summed E-state index contributed by atoms with van der Waals surface area (Å²) in [6.07, 6.45) is 0.259. The molecule has 0 spiro atoms. The Kier molecular flexibility index (Phi) is 6.54. The van der Waals surface area contributed by atoms with E-state index in [0.717, 1.165) is 13.1 Å². The third kappa shape index (κ3) is 4.06. The van der Waals surface area contributed by atoms with Gasteiger partial charge in [-0.1, -0.05) is 0 Å². The Hall–Kier alpha value is -0.850. The van der Waals surface area contributed by atoms with Gasteiger partial charge in [-0.05, 0) is 6.92 Å². The molecule has 2 fully saturated rings. The largest absolute Gasteiger partial charge is 0.378 e. The minimum absolute atomic E-state index is 0. The van der Waals surface area contributed by atoms with Crippen molar-refractivity contribution in [2.75, 3.05) is 45.9 Å². The van der Waals surface area contributed by atoms with Crippen LogP contribution >= 0.6 is 12.4 Å². The number of nitrogens with one attached hydrogen (secondary N) is 1. The summed E-state index contributed by atoms with van der Waals surface area (Å²) in [5.41, 5.74) is 0. The van der Waals surface area contributed by atoms with Crippen LogP contribution in [0.3, 0.4) is 0 Å². The van der Waals surface area contributed by atoms with Crippen LogP contribution in [-0.2, 0) is 14.3 Å². The highest BCUT2D eigenvalue weighted by molar-refractivity contribution is 5.89. The standard InChI is InChI=1S/C12H21N3O3.ClH/c1-2-14-4-3-13-10(12(14)17)9-11(16)15-5-7-18-8-6-15;/h10,13H,2-9H2,1H3;1H. The molecule has 0 aromatic rings. The second kappa shape index (κ2) is 7.67. The van der Waals surface area contributed by atoms with Crippen LogP contribution in [0.15, 0.2) is 0 Å². The van der Waals surface area contributed by atoms with Crippen LogP contribution in [0.2, 0.25) is 0 Å². The van der Waals surface area contributed by atoms with E-state index in [-0.39, 0.29) is 36.7 Å². The van der Waals surface area contributed by atoms with Gasteiger partial charge in [0.1, 0.15) is 0 Å². The highest BCUT2D eigenvalue weighted by atomic mass is 35.5. The fraction of sp³-hybridized carbons (Fsp3) is 0.833. The number of halogens is 1. The molecular weight excluding hydrogens is 270 g/mol. The lowest BCUT2D eigenvalue weighted by Gasteiger charge is -2.34. The molecule has 2 saturated heterocycles. The lowest BCUT2D eigenvalue weighted by Crippen LogP contribution is -2.56. The molecular formula is C12H22ClN3O3. The predicted octanol–water partition coefficient (Wildman–Crippen LogP) is -0.523. The Morgan fingerprint density at radius 2 is 2.05 bits per heavy atom. The minimum Gasteiger partial charge on any atom is -0.378 e. The van der Waals surface area contributed by atoms with Gasteiger partial charge in [0.05, 0.1) is 25.7 Å². The van der Waals surface area contributed by atoms with Gasteiger partial charge in [-0.25, -0.2) is 0 Å². The first kappa shape index (κ1) is 16.2. The first-order valence-electron chi connectivity index (χ1n) is 6.60. The Labute approximate surface area is 119 Å². The molecule has 1 N–H and O–H groups in total. The molecule has 2 rings (SSSR count). The molecule has 0 radical (unpaired) electrons.